The number of furan rings is 1. The smallest absolute Gasteiger partial charge is 0.338 e. The Labute approximate surface area is 140 Å². The molecule has 0 fully saturated rings. The summed E-state index contributed by atoms with van der Waals surface area (Å²) in [7, 11) is 0. The van der Waals surface area contributed by atoms with E-state index in [1.807, 2.05) is 0 Å². The third-order valence-electron chi connectivity index (χ3n) is 3.36. The van der Waals surface area contributed by atoms with Crippen molar-refractivity contribution in [3.63, 3.8) is 0 Å². The predicted molar refractivity (Wildman–Crippen MR) is 80.4 cm³/mol. The number of hydrogen-bond donors (Lipinski definition) is 2. The molecule has 128 valence electrons. The zero-order valence-electron chi connectivity index (χ0n) is 12.9. The second-order valence-electron chi connectivity index (χ2n) is 5.10. The molecule has 0 saturated carbocycles. The van der Waals surface area contributed by atoms with Crippen LogP contribution in [0, 0.1) is 12.7 Å². The van der Waals surface area contributed by atoms with Gasteiger partial charge in [-0.1, -0.05) is 23.4 Å². The molecule has 3 aromatic rings. The molecule has 8 nitrogen and oxygen atoms in total. The average molecular weight is 345 g/mol. The van der Waals surface area contributed by atoms with Gasteiger partial charge >= 0.3 is 5.97 Å². The molecule has 25 heavy (non-hydrogen) atoms. The Balaban J connectivity index is 1.93. The molecule has 2 N–H and O–H groups in total. The van der Waals surface area contributed by atoms with Gasteiger partial charge in [0.1, 0.15) is 18.1 Å². The molecule has 0 saturated heterocycles. The number of aryl methyl sites for hydroxylation is 1. The van der Waals surface area contributed by atoms with Crippen LogP contribution in [-0.4, -0.2) is 27.1 Å². The van der Waals surface area contributed by atoms with E-state index in [9.17, 15) is 14.0 Å². The first kappa shape index (κ1) is 16.4. The number of halogens is 1. The van der Waals surface area contributed by atoms with E-state index in [4.69, 9.17) is 14.0 Å². The number of aromatic nitrogens is 2. The minimum absolute atomic E-state index is 0.0564. The topological polar surface area (TPSA) is 118 Å². The molecular weight excluding hydrogens is 333 g/mol. The summed E-state index contributed by atoms with van der Waals surface area (Å²) in [4.78, 5) is 27.2. The lowest BCUT2D eigenvalue weighted by molar-refractivity contribution is 0.0695. The zero-order valence-corrected chi connectivity index (χ0v) is 12.9. The van der Waals surface area contributed by atoms with Gasteiger partial charge in [-0.2, -0.15) is 4.98 Å². The number of hydrogen-bond acceptors (Lipinski definition) is 6. The number of nitrogens with one attached hydrogen (secondary N) is 1. The average Bonchev–Trinajstić information content (AvgIpc) is 3.22. The highest BCUT2D eigenvalue weighted by atomic mass is 19.1. The molecule has 2 heterocycles. The summed E-state index contributed by atoms with van der Waals surface area (Å²) in [5, 5.41) is 15.1. The number of carboxylic acid groups (broad SMARTS) is 1. The quantitative estimate of drug-likeness (QED) is 0.728. The lowest BCUT2D eigenvalue weighted by atomic mass is 10.1. The summed E-state index contributed by atoms with van der Waals surface area (Å²) in [6.07, 6.45) is 0.938. The Kier molecular flexibility index (Phi) is 4.29. The Morgan fingerprint density at radius 3 is 2.68 bits per heavy atom. The summed E-state index contributed by atoms with van der Waals surface area (Å²) < 4.78 is 24.0. The Hall–Kier alpha value is -3.49. The van der Waals surface area contributed by atoms with Crippen molar-refractivity contribution >= 4 is 11.9 Å². The van der Waals surface area contributed by atoms with Gasteiger partial charge in [0.15, 0.2) is 11.6 Å². The van der Waals surface area contributed by atoms with Gasteiger partial charge < -0.3 is 19.4 Å². The molecule has 1 aromatic carbocycles. The molecule has 1 amide bonds. The van der Waals surface area contributed by atoms with Crippen LogP contribution in [-0.2, 0) is 0 Å². The first-order valence-electron chi connectivity index (χ1n) is 7.13. The summed E-state index contributed by atoms with van der Waals surface area (Å²) in [6, 6.07) is 5.83. The minimum Gasteiger partial charge on any atom is -0.478 e. The van der Waals surface area contributed by atoms with Crippen LogP contribution >= 0.6 is 0 Å². The van der Waals surface area contributed by atoms with Crippen molar-refractivity contribution in [2.45, 2.75) is 13.0 Å². The van der Waals surface area contributed by atoms with Gasteiger partial charge in [0, 0.05) is 18.6 Å². The largest absolute Gasteiger partial charge is 0.478 e. The van der Waals surface area contributed by atoms with Gasteiger partial charge in [0.05, 0.1) is 5.56 Å². The molecule has 0 bridgehead atoms. The van der Waals surface area contributed by atoms with Crippen LogP contribution in [0.5, 0.6) is 0 Å². The highest BCUT2D eigenvalue weighted by Crippen LogP contribution is 2.23. The van der Waals surface area contributed by atoms with Crippen LogP contribution in [0.25, 0.3) is 0 Å². The summed E-state index contributed by atoms with van der Waals surface area (Å²) >= 11 is 0. The molecule has 0 radical (unpaired) electrons. The molecule has 2 aromatic heterocycles. The van der Waals surface area contributed by atoms with Crippen molar-refractivity contribution in [1.82, 2.24) is 15.5 Å². The van der Waals surface area contributed by atoms with Crippen molar-refractivity contribution in [1.29, 1.82) is 0 Å². The van der Waals surface area contributed by atoms with Crippen molar-refractivity contribution in [3.8, 4) is 0 Å². The van der Waals surface area contributed by atoms with E-state index in [0.29, 0.717) is 0 Å². The van der Waals surface area contributed by atoms with Gasteiger partial charge in [0.2, 0.25) is 5.89 Å². The van der Waals surface area contributed by atoms with E-state index >= 15 is 0 Å². The van der Waals surface area contributed by atoms with Crippen LogP contribution in [0.4, 0.5) is 4.39 Å². The molecule has 0 spiro atoms. The summed E-state index contributed by atoms with van der Waals surface area (Å²) in [6.45, 7) is 1.56. The number of nitrogens with zero attached hydrogens (tertiary/aromatic N) is 2. The molecule has 1 atom stereocenters. The second-order valence-corrected chi connectivity index (χ2v) is 5.10. The maximum Gasteiger partial charge on any atom is 0.338 e. The number of aromatic carboxylic acids is 1. The molecule has 3 rings (SSSR count). The van der Waals surface area contributed by atoms with Gasteiger partial charge in [-0.05, 0) is 6.07 Å². The lowest BCUT2D eigenvalue weighted by Crippen LogP contribution is -2.30. The highest BCUT2D eigenvalue weighted by molar-refractivity contribution is 5.95. The Morgan fingerprint density at radius 1 is 1.32 bits per heavy atom. The monoisotopic (exact) mass is 345 g/mol. The zero-order chi connectivity index (χ0) is 18.0. The number of benzene rings is 1. The fraction of sp³-hybridized carbons (Fsp3) is 0.125. The van der Waals surface area contributed by atoms with Crippen LogP contribution in [0.2, 0.25) is 0 Å². The fourth-order valence-corrected chi connectivity index (χ4v) is 2.19. The van der Waals surface area contributed by atoms with Gasteiger partial charge in [-0.15, -0.1) is 0 Å². The van der Waals surface area contributed by atoms with Crippen molar-refractivity contribution in [2.75, 3.05) is 0 Å². The Bertz CT molecular complexity index is 933. The van der Waals surface area contributed by atoms with Gasteiger partial charge in [-0.3, -0.25) is 4.79 Å². The molecule has 9 heteroatoms. The first-order chi connectivity index (χ1) is 12.0. The second kappa shape index (κ2) is 6.56. The minimum atomic E-state index is -1.23. The number of rotatable bonds is 5. The van der Waals surface area contributed by atoms with Crippen LogP contribution in [0.15, 0.2) is 45.5 Å². The van der Waals surface area contributed by atoms with Crippen LogP contribution in [0.3, 0.4) is 0 Å². The molecule has 0 aliphatic carbocycles. The van der Waals surface area contributed by atoms with E-state index < -0.39 is 23.7 Å². The maximum atomic E-state index is 14.2. The van der Waals surface area contributed by atoms with Crippen molar-refractivity contribution in [3.05, 3.63) is 71.0 Å². The lowest BCUT2D eigenvalue weighted by Gasteiger charge is -2.15. The number of amides is 1. The van der Waals surface area contributed by atoms with Crippen LogP contribution < -0.4 is 5.32 Å². The molecular formula is C16H12FN3O5. The van der Waals surface area contributed by atoms with Gasteiger partial charge in [-0.25, -0.2) is 9.18 Å². The SMILES string of the molecule is Cc1nc(C(NC(=O)c2cc(C(=O)O)co2)c2ccccc2F)no1. The number of carboxylic acids is 1. The molecule has 0 aliphatic rings. The summed E-state index contributed by atoms with van der Waals surface area (Å²) in [5.74, 6) is -2.48. The van der Waals surface area contributed by atoms with E-state index in [0.717, 1.165) is 12.3 Å². The number of carbonyl (C=O) groups is 2. The van der Waals surface area contributed by atoms with Crippen LogP contribution in [0.1, 0.15) is 44.2 Å². The molecule has 1 unspecified atom stereocenters. The Morgan fingerprint density at radius 2 is 2.08 bits per heavy atom. The van der Waals surface area contributed by atoms with Crippen molar-refractivity contribution < 1.29 is 28.0 Å². The normalized spacial score (nSPS) is 11.9. The standard InChI is InChI=1S/C16H12FN3O5/c1-8-18-14(20-25-8)13(10-4-2-3-5-11(10)17)19-15(21)12-6-9(7-24-12)16(22)23/h2-7,13H,1H3,(H,19,21)(H,22,23). The third-order valence-corrected chi connectivity index (χ3v) is 3.36. The first-order valence-corrected chi connectivity index (χ1v) is 7.13. The summed E-state index contributed by atoms with van der Waals surface area (Å²) in [5.41, 5.74) is -0.0512. The number of carbonyl (C=O) groups excluding carboxylic acids is 1. The maximum absolute atomic E-state index is 14.2. The van der Waals surface area contributed by atoms with Crippen molar-refractivity contribution in [2.24, 2.45) is 0 Å². The van der Waals surface area contributed by atoms with E-state index in [1.165, 1.54) is 18.2 Å². The van der Waals surface area contributed by atoms with Gasteiger partial charge in [0.25, 0.3) is 5.91 Å². The highest BCUT2D eigenvalue weighted by Gasteiger charge is 2.26. The van der Waals surface area contributed by atoms with E-state index in [-0.39, 0.29) is 28.6 Å². The van der Waals surface area contributed by atoms with E-state index in [2.05, 4.69) is 15.5 Å². The third kappa shape index (κ3) is 3.39. The molecule has 0 aliphatic heterocycles. The predicted octanol–water partition coefficient (Wildman–Crippen LogP) is 2.33. The van der Waals surface area contributed by atoms with E-state index in [1.54, 1.807) is 13.0 Å². The fourth-order valence-electron chi connectivity index (χ4n) is 2.19.